The molecule has 0 unspecified atom stereocenters. The Morgan fingerprint density at radius 3 is 2.06 bits per heavy atom. The highest BCUT2D eigenvalue weighted by atomic mass is 16.5. The average molecular weight is 483 g/mol. The summed E-state index contributed by atoms with van der Waals surface area (Å²) >= 11 is 0. The third-order valence-corrected chi connectivity index (χ3v) is 7.18. The van der Waals surface area contributed by atoms with Crippen LogP contribution in [0.25, 0.3) is 22.3 Å². The van der Waals surface area contributed by atoms with Crippen LogP contribution < -0.4 is 14.2 Å². The number of phenols is 3. The first-order chi connectivity index (χ1) is 17.5. The fourth-order valence-corrected chi connectivity index (χ4v) is 5.54. The first kappa shape index (κ1) is 22.2. The van der Waals surface area contributed by atoms with Gasteiger partial charge in [0.25, 0.3) is 0 Å². The van der Waals surface area contributed by atoms with Gasteiger partial charge in [-0.15, -0.1) is 0 Å². The number of aromatic hydroxyl groups is 3. The van der Waals surface area contributed by atoms with Gasteiger partial charge in [0, 0.05) is 28.8 Å². The van der Waals surface area contributed by atoms with Gasteiger partial charge in [0.15, 0.2) is 11.5 Å². The molecule has 0 aromatic heterocycles. The molecule has 0 aliphatic heterocycles. The molecule has 0 saturated carbocycles. The molecule has 0 atom stereocenters. The van der Waals surface area contributed by atoms with Gasteiger partial charge < -0.3 is 29.5 Å². The van der Waals surface area contributed by atoms with Crippen molar-refractivity contribution in [2.75, 3.05) is 14.2 Å². The molecule has 0 heterocycles. The summed E-state index contributed by atoms with van der Waals surface area (Å²) in [5.41, 5.74) is 7.72. The van der Waals surface area contributed by atoms with Gasteiger partial charge in [-0.1, -0.05) is 12.1 Å². The lowest BCUT2D eigenvalue weighted by atomic mass is 9.84. The van der Waals surface area contributed by atoms with Crippen LogP contribution in [0.4, 0.5) is 0 Å². The Morgan fingerprint density at radius 1 is 0.583 bits per heavy atom. The molecule has 0 spiro atoms. The number of hydrogen-bond acceptors (Lipinski definition) is 6. The smallest absolute Gasteiger partial charge is 0.166 e. The second kappa shape index (κ2) is 8.41. The van der Waals surface area contributed by atoms with Crippen molar-refractivity contribution in [2.45, 2.75) is 25.7 Å². The summed E-state index contributed by atoms with van der Waals surface area (Å²) in [7, 11) is 3.13. The zero-order valence-electron chi connectivity index (χ0n) is 20.1. The lowest BCUT2D eigenvalue weighted by Gasteiger charge is -2.26. The van der Waals surface area contributed by atoms with E-state index in [1.54, 1.807) is 37.4 Å². The number of phenolic OH excluding ortho intramolecular Hbond substituents is 3. The first-order valence-electron chi connectivity index (χ1n) is 11.9. The van der Waals surface area contributed by atoms with Crippen molar-refractivity contribution in [2.24, 2.45) is 0 Å². The molecule has 6 heteroatoms. The van der Waals surface area contributed by atoms with Gasteiger partial charge in [0.1, 0.15) is 28.7 Å². The lowest BCUT2D eigenvalue weighted by Crippen LogP contribution is -2.08. The highest BCUT2D eigenvalue weighted by Crippen LogP contribution is 2.50. The molecule has 2 aliphatic carbocycles. The Hall–Kier alpha value is -4.32. The number of methoxy groups -OCH3 is 2. The number of hydrogen-bond donors (Lipinski definition) is 3. The molecule has 4 aromatic rings. The van der Waals surface area contributed by atoms with Gasteiger partial charge in [-0.25, -0.2) is 0 Å². The van der Waals surface area contributed by atoms with E-state index in [1.165, 1.54) is 7.11 Å². The molecule has 6 rings (SSSR count). The monoisotopic (exact) mass is 482 g/mol. The van der Waals surface area contributed by atoms with Gasteiger partial charge in [-0.05, 0) is 83.8 Å². The molecule has 182 valence electrons. The van der Waals surface area contributed by atoms with Crippen LogP contribution in [0.1, 0.15) is 22.3 Å². The maximum absolute atomic E-state index is 11.0. The fraction of sp³-hybridized carbons (Fsp3) is 0.200. The number of ether oxygens (including phenoxy) is 3. The molecule has 2 aliphatic rings. The summed E-state index contributed by atoms with van der Waals surface area (Å²) in [4.78, 5) is 0. The average Bonchev–Trinajstić information content (AvgIpc) is 2.88. The Kier molecular flexibility index (Phi) is 5.18. The van der Waals surface area contributed by atoms with Crippen LogP contribution in [0, 0.1) is 0 Å². The van der Waals surface area contributed by atoms with Crippen molar-refractivity contribution in [1.82, 2.24) is 0 Å². The van der Waals surface area contributed by atoms with E-state index in [1.807, 2.05) is 24.3 Å². The van der Waals surface area contributed by atoms with E-state index in [2.05, 4.69) is 0 Å². The molecule has 6 nitrogen and oxygen atoms in total. The van der Waals surface area contributed by atoms with E-state index >= 15 is 0 Å². The molecule has 4 aromatic carbocycles. The lowest BCUT2D eigenvalue weighted by molar-refractivity contribution is 0.369. The van der Waals surface area contributed by atoms with E-state index in [-0.39, 0.29) is 17.2 Å². The maximum Gasteiger partial charge on any atom is 0.166 e. The van der Waals surface area contributed by atoms with Crippen molar-refractivity contribution in [3.05, 3.63) is 76.9 Å². The van der Waals surface area contributed by atoms with Crippen LogP contribution in [0.15, 0.2) is 54.6 Å². The van der Waals surface area contributed by atoms with Crippen molar-refractivity contribution < 1.29 is 29.5 Å². The van der Waals surface area contributed by atoms with Crippen molar-refractivity contribution >= 4 is 0 Å². The predicted octanol–water partition coefficient (Wildman–Crippen LogP) is 6.14. The number of aryl methyl sites for hydroxylation is 3. The zero-order chi connectivity index (χ0) is 25.0. The van der Waals surface area contributed by atoms with E-state index < -0.39 is 0 Å². The van der Waals surface area contributed by atoms with Gasteiger partial charge in [-0.3, -0.25) is 0 Å². The summed E-state index contributed by atoms with van der Waals surface area (Å²) in [6.07, 6.45) is 3.01. The molecule has 0 saturated heterocycles. The molecule has 0 radical (unpaired) electrons. The standard InChI is InChI=1S/C30H26O6/c1-34-26-14-20(32)12-18-4-3-17-13-21(7-10-22(17)28(18)26)36-25-15-27(35-2)30(33)29-23-9-6-19(31)11-16(23)5-8-24(25)29/h6-7,9-15,31-33H,3-5,8H2,1-2H3. The third-order valence-electron chi connectivity index (χ3n) is 7.18. The highest BCUT2D eigenvalue weighted by molar-refractivity contribution is 5.84. The van der Waals surface area contributed by atoms with E-state index in [4.69, 9.17) is 14.2 Å². The molecule has 0 bridgehead atoms. The van der Waals surface area contributed by atoms with Gasteiger partial charge in [-0.2, -0.15) is 0 Å². The minimum Gasteiger partial charge on any atom is -0.508 e. The molecule has 0 fully saturated rings. The summed E-state index contributed by atoms with van der Waals surface area (Å²) in [5.74, 6) is 2.81. The SMILES string of the molecule is COc1cc(Oc2ccc3c(c2)CCc2cc(O)cc(OC)c2-3)c2c(c1O)-c1ccc(O)cc1CC2. The maximum atomic E-state index is 11.0. The molecule has 36 heavy (non-hydrogen) atoms. The summed E-state index contributed by atoms with van der Waals surface area (Å²) in [6.45, 7) is 0. The van der Waals surface area contributed by atoms with Crippen LogP contribution >= 0.6 is 0 Å². The van der Waals surface area contributed by atoms with Gasteiger partial charge >= 0.3 is 0 Å². The zero-order valence-corrected chi connectivity index (χ0v) is 20.1. The largest absolute Gasteiger partial charge is 0.508 e. The normalized spacial score (nSPS) is 13.2. The highest BCUT2D eigenvalue weighted by Gasteiger charge is 2.27. The van der Waals surface area contributed by atoms with Crippen molar-refractivity contribution in [1.29, 1.82) is 0 Å². The fourth-order valence-electron chi connectivity index (χ4n) is 5.54. The van der Waals surface area contributed by atoms with Crippen LogP contribution in [0.2, 0.25) is 0 Å². The second-order valence-corrected chi connectivity index (χ2v) is 9.22. The van der Waals surface area contributed by atoms with Crippen LogP contribution in [-0.4, -0.2) is 29.5 Å². The number of benzene rings is 4. The van der Waals surface area contributed by atoms with E-state index in [0.29, 0.717) is 35.0 Å². The summed E-state index contributed by atoms with van der Waals surface area (Å²) < 4.78 is 17.5. The van der Waals surface area contributed by atoms with Crippen LogP contribution in [-0.2, 0) is 25.7 Å². The molecular formula is C30H26O6. The molecular weight excluding hydrogens is 456 g/mol. The topological polar surface area (TPSA) is 88.4 Å². The summed E-state index contributed by atoms with van der Waals surface area (Å²) in [5, 5.41) is 31.0. The van der Waals surface area contributed by atoms with Crippen molar-refractivity contribution in [3.8, 4) is 62.5 Å². The van der Waals surface area contributed by atoms with Gasteiger partial charge in [0.05, 0.1) is 14.2 Å². The third kappa shape index (κ3) is 3.49. The van der Waals surface area contributed by atoms with Crippen LogP contribution in [0.3, 0.4) is 0 Å². The number of rotatable bonds is 4. The Bertz CT molecular complexity index is 1500. The Morgan fingerprint density at radius 2 is 1.25 bits per heavy atom. The molecule has 0 amide bonds. The van der Waals surface area contributed by atoms with E-state index in [0.717, 1.165) is 58.2 Å². The van der Waals surface area contributed by atoms with Gasteiger partial charge in [0.2, 0.25) is 0 Å². The predicted molar refractivity (Wildman–Crippen MR) is 137 cm³/mol. The quantitative estimate of drug-likeness (QED) is 0.324. The Balaban J connectivity index is 1.43. The molecule has 3 N–H and O–H groups in total. The van der Waals surface area contributed by atoms with Crippen molar-refractivity contribution in [3.63, 3.8) is 0 Å². The van der Waals surface area contributed by atoms with Crippen LogP contribution in [0.5, 0.6) is 40.2 Å². The minimum absolute atomic E-state index is 0.0730. The number of fused-ring (bicyclic) bond motifs is 6. The summed E-state index contributed by atoms with van der Waals surface area (Å²) in [6, 6.07) is 16.4. The first-order valence-corrected chi connectivity index (χ1v) is 11.9. The Labute approximate surface area is 209 Å². The minimum atomic E-state index is 0.0730. The van der Waals surface area contributed by atoms with E-state index in [9.17, 15) is 15.3 Å². The second-order valence-electron chi connectivity index (χ2n) is 9.22.